The Kier molecular flexibility index (Phi) is 6.11. The van der Waals surface area contributed by atoms with E-state index in [1.54, 1.807) is 19.2 Å². The Morgan fingerprint density at radius 3 is 2.48 bits per heavy atom. The number of rotatable bonds is 7. The lowest BCUT2D eigenvalue weighted by atomic mass is 10.2. The predicted molar refractivity (Wildman–Crippen MR) is 82.4 cm³/mol. The largest absolute Gasteiger partial charge is 0.478 e. The van der Waals surface area contributed by atoms with E-state index in [1.165, 1.54) is 22.5 Å². The van der Waals surface area contributed by atoms with Gasteiger partial charge in [0, 0.05) is 19.2 Å². The number of nitrogens with zero attached hydrogens (tertiary/aromatic N) is 1. The topological polar surface area (TPSA) is 74.7 Å². The van der Waals surface area contributed by atoms with Crippen LogP contribution >= 0.6 is 0 Å². The number of carboxylic acids is 1. The first-order valence-corrected chi connectivity index (χ1v) is 8.26. The van der Waals surface area contributed by atoms with Crippen molar-refractivity contribution in [3.8, 4) is 0 Å². The van der Waals surface area contributed by atoms with Gasteiger partial charge in [-0.3, -0.25) is 0 Å². The molecule has 0 aliphatic rings. The zero-order chi connectivity index (χ0) is 16.0. The molecule has 0 aromatic heterocycles. The summed E-state index contributed by atoms with van der Waals surface area (Å²) in [6.07, 6.45) is 3.84. The molecule has 0 aliphatic heterocycles. The van der Waals surface area contributed by atoms with Gasteiger partial charge in [0.1, 0.15) is 0 Å². The van der Waals surface area contributed by atoms with Crippen LogP contribution in [0.15, 0.2) is 35.2 Å². The Morgan fingerprint density at radius 1 is 1.33 bits per heavy atom. The summed E-state index contributed by atoms with van der Waals surface area (Å²) < 4.78 is 26.5. The first-order valence-electron chi connectivity index (χ1n) is 6.82. The molecule has 116 valence electrons. The second-order valence-electron chi connectivity index (χ2n) is 4.74. The third-order valence-corrected chi connectivity index (χ3v) is 5.32. The van der Waals surface area contributed by atoms with E-state index >= 15 is 0 Å². The molecule has 0 radical (unpaired) electrons. The summed E-state index contributed by atoms with van der Waals surface area (Å²) in [6, 6.07) is 6.22. The molecule has 0 spiro atoms. The Bertz CT molecular complexity index is 618. The summed E-state index contributed by atoms with van der Waals surface area (Å²) in [5.41, 5.74) is 0.538. The molecule has 0 unspecified atom stereocenters. The minimum Gasteiger partial charge on any atom is -0.478 e. The van der Waals surface area contributed by atoms with Gasteiger partial charge in [0.2, 0.25) is 10.0 Å². The highest BCUT2D eigenvalue weighted by Gasteiger charge is 2.25. The number of carboxylic acid groups (broad SMARTS) is 1. The van der Waals surface area contributed by atoms with Gasteiger partial charge in [-0.15, -0.1) is 0 Å². The van der Waals surface area contributed by atoms with Crippen molar-refractivity contribution in [2.75, 3.05) is 7.05 Å². The second kappa shape index (κ2) is 7.38. The van der Waals surface area contributed by atoms with Crippen molar-refractivity contribution in [2.24, 2.45) is 0 Å². The average Bonchev–Trinajstić information content (AvgIpc) is 2.46. The third-order valence-electron chi connectivity index (χ3n) is 3.41. The molecular formula is C15H21NO4S. The molecule has 0 heterocycles. The lowest BCUT2D eigenvalue weighted by molar-refractivity contribution is -0.131. The van der Waals surface area contributed by atoms with E-state index in [0.717, 1.165) is 18.9 Å². The zero-order valence-electron chi connectivity index (χ0n) is 12.5. The standard InChI is InChI=1S/C15H21NO4S/c1-4-13(5-2)16(3)21(19,20)14-8-6-7-12(11-14)9-10-15(17)18/h6-11,13H,4-5H2,1-3H3,(H,17,18). The average molecular weight is 311 g/mol. The minimum atomic E-state index is -3.57. The molecular weight excluding hydrogens is 290 g/mol. The van der Waals surface area contributed by atoms with E-state index in [4.69, 9.17) is 5.11 Å². The smallest absolute Gasteiger partial charge is 0.328 e. The van der Waals surface area contributed by atoms with Gasteiger partial charge in [-0.25, -0.2) is 13.2 Å². The normalized spacial score (nSPS) is 12.4. The molecule has 5 nitrogen and oxygen atoms in total. The Labute approximate surface area is 126 Å². The molecule has 0 saturated carbocycles. The van der Waals surface area contributed by atoms with Crippen LogP contribution in [0, 0.1) is 0 Å². The Morgan fingerprint density at radius 2 is 1.95 bits per heavy atom. The maximum atomic E-state index is 12.6. The van der Waals surface area contributed by atoms with E-state index in [2.05, 4.69) is 0 Å². The van der Waals surface area contributed by atoms with E-state index in [9.17, 15) is 13.2 Å². The van der Waals surface area contributed by atoms with Crippen LogP contribution in [0.2, 0.25) is 0 Å². The molecule has 1 N–H and O–H groups in total. The molecule has 21 heavy (non-hydrogen) atoms. The summed E-state index contributed by atoms with van der Waals surface area (Å²) in [7, 11) is -2.00. The van der Waals surface area contributed by atoms with Crippen molar-refractivity contribution in [1.82, 2.24) is 4.31 Å². The fourth-order valence-corrected chi connectivity index (χ4v) is 3.67. The molecule has 0 amide bonds. The fourth-order valence-electron chi connectivity index (χ4n) is 2.11. The maximum Gasteiger partial charge on any atom is 0.328 e. The SMILES string of the molecule is CCC(CC)N(C)S(=O)(=O)c1cccc(C=CC(=O)O)c1. The van der Waals surface area contributed by atoms with Crippen molar-refractivity contribution >= 4 is 22.1 Å². The summed E-state index contributed by atoms with van der Waals surface area (Å²) in [5.74, 6) is -1.07. The quantitative estimate of drug-likeness (QED) is 0.785. The number of hydrogen-bond donors (Lipinski definition) is 1. The summed E-state index contributed by atoms with van der Waals surface area (Å²) >= 11 is 0. The van der Waals surface area contributed by atoms with E-state index in [-0.39, 0.29) is 10.9 Å². The number of aliphatic carboxylic acids is 1. The van der Waals surface area contributed by atoms with Crippen molar-refractivity contribution in [3.05, 3.63) is 35.9 Å². The van der Waals surface area contributed by atoms with E-state index < -0.39 is 16.0 Å². The Balaban J connectivity index is 3.14. The van der Waals surface area contributed by atoms with E-state index in [0.29, 0.717) is 5.56 Å². The molecule has 0 bridgehead atoms. The summed E-state index contributed by atoms with van der Waals surface area (Å²) in [4.78, 5) is 10.7. The predicted octanol–water partition coefficient (Wildman–Crippen LogP) is 2.59. The van der Waals surface area contributed by atoms with Crippen LogP contribution in [0.25, 0.3) is 6.08 Å². The van der Waals surface area contributed by atoms with Gasteiger partial charge in [-0.05, 0) is 36.6 Å². The molecule has 1 aromatic rings. The van der Waals surface area contributed by atoms with Crippen molar-refractivity contribution < 1.29 is 18.3 Å². The number of benzene rings is 1. The molecule has 0 fully saturated rings. The highest BCUT2D eigenvalue weighted by molar-refractivity contribution is 7.89. The van der Waals surface area contributed by atoms with Crippen molar-refractivity contribution in [1.29, 1.82) is 0 Å². The van der Waals surface area contributed by atoms with Gasteiger partial charge in [0.15, 0.2) is 0 Å². The zero-order valence-corrected chi connectivity index (χ0v) is 13.3. The van der Waals surface area contributed by atoms with Crippen LogP contribution in [-0.4, -0.2) is 36.9 Å². The summed E-state index contributed by atoms with van der Waals surface area (Å²) in [5, 5.41) is 8.62. The number of sulfonamides is 1. The van der Waals surface area contributed by atoms with Gasteiger partial charge in [0.25, 0.3) is 0 Å². The monoisotopic (exact) mass is 311 g/mol. The van der Waals surface area contributed by atoms with Crippen LogP contribution in [0.4, 0.5) is 0 Å². The van der Waals surface area contributed by atoms with Crippen molar-refractivity contribution in [2.45, 2.75) is 37.6 Å². The first kappa shape index (κ1) is 17.4. The molecule has 1 aromatic carbocycles. The molecule has 0 saturated heterocycles. The van der Waals surface area contributed by atoms with Crippen LogP contribution < -0.4 is 0 Å². The summed E-state index contributed by atoms with van der Waals surface area (Å²) in [6.45, 7) is 3.90. The highest BCUT2D eigenvalue weighted by Crippen LogP contribution is 2.20. The van der Waals surface area contributed by atoms with Crippen LogP contribution in [-0.2, 0) is 14.8 Å². The molecule has 1 rings (SSSR count). The van der Waals surface area contributed by atoms with Crippen LogP contribution in [0.1, 0.15) is 32.3 Å². The third kappa shape index (κ3) is 4.41. The number of hydrogen-bond acceptors (Lipinski definition) is 3. The fraction of sp³-hybridized carbons (Fsp3) is 0.400. The van der Waals surface area contributed by atoms with E-state index in [1.807, 2.05) is 13.8 Å². The van der Waals surface area contributed by atoms with Gasteiger partial charge >= 0.3 is 5.97 Å². The van der Waals surface area contributed by atoms with Gasteiger partial charge in [0.05, 0.1) is 4.90 Å². The van der Waals surface area contributed by atoms with Crippen molar-refractivity contribution in [3.63, 3.8) is 0 Å². The van der Waals surface area contributed by atoms with Crippen LogP contribution in [0.3, 0.4) is 0 Å². The van der Waals surface area contributed by atoms with Gasteiger partial charge < -0.3 is 5.11 Å². The second-order valence-corrected chi connectivity index (χ2v) is 6.73. The lowest BCUT2D eigenvalue weighted by Crippen LogP contribution is -2.36. The van der Waals surface area contributed by atoms with Gasteiger partial charge in [-0.1, -0.05) is 26.0 Å². The first-order chi connectivity index (χ1) is 9.82. The Hall–Kier alpha value is -1.66. The molecule has 0 aliphatic carbocycles. The van der Waals surface area contributed by atoms with Gasteiger partial charge in [-0.2, -0.15) is 4.31 Å². The van der Waals surface area contributed by atoms with Crippen LogP contribution in [0.5, 0.6) is 0 Å². The lowest BCUT2D eigenvalue weighted by Gasteiger charge is -2.25. The number of carbonyl (C=O) groups is 1. The molecule has 6 heteroatoms. The highest BCUT2D eigenvalue weighted by atomic mass is 32.2. The molecule has 0 atom stereocenters. The maximum absolute atomic E-state index is 12.6. The minimum absolute atomic E-state index is 0.0479.